The molecule has 1 aliphatic carbocycles. The number of amides is 1. The molecule has 1 saturated heterocycles. The van der Waals surface area contributed by atoms with Gasteiger partial charge in [0.15, 0.2) is 0 Å². The van der Waals surface area contributed by atoms with Crippen molar-refractivity contribution in [3.63, 3.8) is 0 Å². The molecule has 0 spiro atoms. The number of rotatable bonds is 5. The van der Waals surface area contributed by atoms with Crippen molar-refractivity contribution in [3.8, 4) is 6.07 Å². The van der Waals surface area contributed by atoms with Gasteiger partial charge in [0, 0.05) is 56.0 Å². The second-order valence-corrected chi connectivity index (χ2v) is 7.78. The lowest BCUT2D eigenvalue weighted by molar-refractivity contribution is -0.384. The number of hydrogen-bond donors (Lipinski definition) is 0. The zero-order valence-corrected chi connectivity index (χ0v) is 16.7. The van der Waals surface area contributed by atoms with Gasteiger partial charge in [0.2, 0.25) is 0 Å². The minimum Gasteiger partial charge on any atom is -0.461 e. The van der Waals surface area contributed by atoms with Crippen molar-refractivity contribution in [2.75, 3.05) is 31.1 Å². The summed E-state index contributed by atoms with van der Waals surface area (Å²) in [7, 11) is 0. The van der Waals surface area contributed by atoms with E-state index in [1.807, 2.05) is 12.1 Å². The maximum absolute atomic E-state index is 12.8. The van der Waals surface area contributed by atoms with E-state index >= 15 is 0 Å². The second kappa shape index (κ2) is 8.03. The maximum Gasteiger partial charge on any atom is 0.269 e. The van der Waals surface area contributed by atoms with E-state index in [1.165, 1.54) is 18.2 Å². The van der Waals surface area contributed by atoms with E-state index in [1.54, 1.807) is 23.1 Å². The van der Waals surface area contributed by atoms with Gasteiger partial charge in [-0.25, -0.2) is 0 Å². The number of carbonyl (C=O) groups is 1. The van der Waals surface area contributed by atoms with Gasteiger partial charge in [0.25, 0.3) is 11.6 Å². The van der Waals surface area contributed by atoms with Crippen LogP contribution in [-0.4, -0.2) is 41.9 Å². The largest absolute Gasteiger partial charge is 0.461 e. The number of nitrogens with zero attached hydrogens (tertiary/aromatic N) is 4. The quantitative estimate of drug-likeness (QED) is 0.325. The monoisotopic (exact) mass is 406 g/mol. The van der Waals surface area contributed by atoms with Crippen LogP contribution in [0.4, 0.5) is 11.4 Å². The summed E-state index contributed by atoms with van der Waals surface area (Å²) in [6, 6.07) is 12.1. The molecule has 4 rings (SSSR count). The van der Waals surface area contributed by atoms with Crippen molar-refractivity contribution in [1.82, 2.24) is 4.90 Å². The van der Waals surface area contributed by atoms with Crippen LogP contribution in [0, 0.1) is 27.4 Å². The fourth-order valence-corrected chi connectivity index (χ4v) is 3.77. The van der Waals surface area contributed by atoms with E-state index in [4.69, 9.17) is 4.42 Å². The van der Waals surface area contributed by atoms with Crippen LogP contribution in [-0.2, 0) is 4.79 Å². The lowest BCUT2D eigenvalue weighted by Crippen LogP contribution is -2.49. The number of non-ortho nitro benzene ring substituents is 1. The predicted octanol–water partition coefficient (Wildman–Crippen LogP) is 3.57. The molecule has 8 heteroatoms. The minimum absolute atomic E-state index is 0.0496. The molecule has 8 nitrogen and oxygen atoms in total. The smallest absolute Gasteiger partial charge is 0.269 e. The van der Waals surface area contributed by atoms with Crippen LogP contribution in [0.5, 0.6) is 0 Å². The van der Waals surface area contributed by atoms with E-state index in [0.717, 1.165) is 17.9 Å². The van der Waals surface area contributed by atoms with Crippen LogP contribution in [0.1, 0.15) is 30.8 Å². The van der Waals surface area contributed by atoms with Crippen LogP contribution in [0.25, 0.3) is 6.08 Å². The van der Waals surface area contributed by atoms with Crippen LogP contribution < -0.4 is 4.90 Å². The Morgan fingerprint density at radius 1 is 1.20 bits per heavy atom. The molecule has 1 aliphatic heterocycles. The van der Waals surface area contributed by atoms with Crippen LogP contribution in [0.3, 0.4) is 0 Å². The van der Waals surface area contributed by atoms with Gasteiger partial charge in [0.1, 0.15) is 23.2 Å². The van der Waals surface area contributed by atoms with Crippen molar-refractivity contribution in [1.29, 1.82) is 5.26 Å². The summed E-state index contributed by atoms with van der Waals surface area (Å²) < 4.78 is 5.79. The highest BCUT2D eigenvalue weighted by Crippen LogP contribution is 2.47. The zero-order valence-electron chi connectivity index (χ0n) is 16.7. The minimum atomic E-state index is -0.427. The number of nitro benzene ring substituents is 1. The number of benzene rings is 1. The van der Waals surface area contributed by atoms with E-state index in [0.29, 0.717) is 43.8 Å². The third-order valence-corrected chi connectivity index (χ3v) is 5.75. The summed E-state index contributed by atoms with van der Waals surface area (Å²) in [6.45, 7) is 4.29. The first-order valence-corrected chi connectivity index (χ1v) is 9.96. The van der Waals surface area contributed by atoms with Gasteiger partial charge in [-0.1, -0.05) is 6.92 Å². The Morgan fingerprint density at radius 3 is 2.43 bits per heavy atom. The van der Waals surface area contributed by atoms with Gasteiger partial charge in [-0.05, 0) is 36.6 Å². The fourth-order valence-electron chi connectivity index (χ4n) is 3.77. The summed E-state index contributed by atoms with van der Waals surface area (Å²) in [6.07, 6.45) is 2.63. The number of nitriles is 1. The molecule has 0 N–H and O–H groups in total. The predicted molar refractivity (Wildman–Crippen MR) is 111 cm³/mol. The van der Waals surface area contributed by atoms with Crippen molar-refractivity contribution in [2.45, 2.75) is 19.3 Å². The fraction of sp³-hybridized carbons (Fsp3) is 0.364. The Hall–Kier alpha value is -3.60. The molecule has 30 heavy (non-hydrogen) atoms. The molecule has 1 aromatic carbocycles. The normalized spacial score (nSPS) is 21.3. The molecule has 2 atom stereocenters. The molecular formula is C22H22N4O4. The molecule has 2 aliphatic rings. The molecule has 1 amide bonds. The second-order valence-electron chi connectivity index (χ2n) is 7.78. The number of carbonyl (C=O) groups excluding carboxylic acids is 1. The average Bonchev–Trinajstić information content (AvgIpc) is 3.31. The molecule has 0 unspecified atom stereocenters. The lowest BCUT2D eigenvalue weighted by Gasteiger charge is -2.36. The molecule has 2 heterocycles. The Bertz CT molecular complexity index is 1030. The number of hydrogen-bond acceptors (Lipinski definition) is 6. The van der Waals surface area contributed by atoms with Gasteiger partial charge in [-0.3, -0.25) is 14.9 Å². The van der Waals surface area contributed by atoms with Gasteiger partial charge >= 0.3 is 0 Å². The molecule has 1 aromatic heterocycles. The van der Waals surface area contributed by atoms with Crippen molar-refractivity contribution >= 4 is 23.4 Å². The molecule has 0 radical (unpaired) electrons. The van der Waals surface area contributed by atoms with E-state index in [2.05, 4.69) is 11.8 Å². The Labute approximate surface area is 174 Å². The summed E-state index contributed by atoms with van der Waals surface area (Å²) in [5.74, 6) is 2.20. The van der Waals surface area contributed by atoms with E-state index in [9.17, 15) is 20.2 Å². The molecule has 1 saturated carbocycles. The Kier molecular flexibility index (Phi) is 5.27. The molecule has 2 aromatic rings. The molecule has 0 bridgehead atoms. The third-order valence-electron chi connectivity index (χ3n) is 5.75. The summed E-state index contributed by atoms with van der Waals surface area (Å²) in [4.78, 5) is 26.9. The highest BCUT2D eigenvalue weighted by Gasteiger charge is 2.36. The highest BCUT2D eigenvalue weighted by atomic mass is 16.6. The maximum atomic E-state index is 12.8. The van der Waals surface area contributed by atoms with Crippen molar-refractivity contribution < 1.29 is 14.1 Å². The van der Waals surface area contributed by atoms with Crippen LogP contribution in [0.15, 0.2) is 46.4 Å². The number of nitro groups is 1. The summed E-state index contributed by atoms with van der Waals surface area (Å²) >= 11 is 0. The van der Waals surface area contributed by atoms with Crippen molar-refractivity contribution in [3.05, 3.63) is 63.6 Å². The Morgan fingerprint density at radius 2 is 1.87 bits per heavy atom. The number of anilines is 1. The topological polar surface area (TPSA) is 104 Å². The average molecular weight is 406 g/mol. The van der Waals surface area contributed by atoms with Gasteiger partial charge in [-0.15, -0.1) is 0 Å². The summed E-state index contributed by atoms with van der Waals surface area (Å²) in [5.41, 5.74) is 0.985. The third kappa shape index (κ3) is 4.06. The van der Waals surface area contributed by atoms with Gasteiger partial charge < -0.3 is 14.2 Å². The molecular weight excluding hydrogens is 384 g/mol. The van der Waals surface area contributed by atoms with E-state index < -0.39 is 4.92 Å². The SMILES string of the molecule is C[C@@H]1C[C@@H]1c1ccc(/C=C(\C#N)C(=O)N2CCN(c3ccc([N+](=O)[O-])cc3)CC2)o1. The first-order chi connectivity index (χ1) is 14.5. The molecule has 2 fully saturated rings. The Balaban J connectivity index is 1.38. The first kappa shape index (κ1) is 19.7. The lowest BCUT2D eigenvalue weighted by atomic mass is 10.2. The van der Waals surface area contributed by atoms with E-state index in [-0.39, 0.29) is 17.2 Å². The van der Waals surface area contributed by atoms with Crippen LogP contribution in [0.2, 0.25) is 0 Å². The standard InChI is InChI=1S/C22H22N4O4/c1-15-12-20(15)21-7-6-19(30-21)13-16(14-23)22(27)25-10-8-24(9-11-25)17-2-4-18(5-3-17)26(28)29/h2-7,13,15,20H,8-12H2,1H3/b16-13+/t15-,20+/m1/s1. The first-order valence-electron chi connectivity index (χ1n) is 9.96. The zero-order chi connectivity index (χ0) is 21.3. The summed E-state index contributed by atoms with van der Waals surface area (Å²) in [5, 5.41) is 20.3. The number of piperazine rings is 1. The number of furan rings is 1. The van der Waals surface area contributed by atoms with Gasteiger partial charge in [-0.2, -0.15) is 5.26 Å². The van der Waals surface area contributed by atoms with Crippen LogP contribution >= 0.6 is 0 Å². The molecule has 154 valence electrons. The highest BCUT2D eigenvalue weighted by molar-refractivity contribution is 6.01. The van der Waals surface area contributed by atoms with Crippen molar-refractivity contribution in [2.24, 2.45) is 5.92 Å². The van der Waals surface area contributed by atoms with Gasteiger partial charge in [0.05, 0.1) is 4.92 Å².